The SMILES string of the molecule is C=C(F)C(=O)OC(OCC(F)(F)S(=O)(=O)[O-])(C(=O)N(CCCC)CCCC)C(F)(F)F. The Morgan fingerprint density at radius 1 is 1.03 bits per heavy atom. The third kappa shape index (κ3) is 7.64. The van der Waals surface area contributed by atoms with Gasteiger partial charge in [-0.15, -0.1) is 0 Å². The molecule has 1 atom stereocenters. The average molecular weight is 486 g/mol. The van der Waals surface area contributed by atoms with Gasteiger partial charge in [0.25, 0.3) is 0 Å². The fraction of sp³-hybridized carbons (Fsp3) is 0.750. The Hall–Kier alpha value is -1.87. The molecule has 0 saturated carbocycles. The molecule has 0 aromatic rings. The van der Waals surface area contributed by atoms with E-state index in [9.17, 15) is 48.9 Å². The fourth-order valence-corrected chi connectivity index (χ4v) is 2.26. The van der Waals surface area contributed by atoms with Gasteiger partial charge in [0.05, 0.1) is 0 Å². The molecule has 8 nitrogen and oxygen atoms in total. The van der Waals surface area contributed by atoms with Crippen molar-refractivity contribution in [2.75, 3.05) is 19.7 Å². The molecule has 0 aromatic carbocycles. The van der Waals surface area contributed by atoms with Crippen LogP contribution in [0.5, 0.6) is 0 Å². The Labute approximate surface area is 174 Å². The third-order valence-corrected chi connectivity index (χ3v) is 4.62. The van der Waals surface area contributed by atoms with Crippen molar-refractivity contribution in [2.24, 2.45) is 0 Å². The summed E-state index contributed by atoms with van der Waals surface area (Å²) in [5.74, 6) is -11.6. The van der Waals surface area contributed by atoms with Crippen molar-refractivity contribution >= 4 is 22.0 Å². The van der Waals surface area contributed by atoms with Crippen LogP contribution < -0.4 is 0 Å². The van der Waals surface area contributed by atoms with Gasteiger partial charge in [0.15, 0.2) is 10.1 Å². The van der Waals surface area contributed by atoms with E-state index in [0.717, 1.165) is 0 Å². The van der Waals surface area contributed by atoms with Crippen LogP contribution in [-0.4, -0.2) is 66.7 Å². The highest BCUT2D eigenvalue weighted by molar-refractivity contribution is 7.86. The molecule has 0 aromatic heterocycles. The maximum Gasteiger partial charge on any atom is 0.466 e. The van der Waals surface area contributed by atoms with Crippen molar-refractivity contribution in [1.29, 1.82) is 0 Å². The molecule has 1 amide bonds. The van der Waals surface area contributed by atoms with E-state index in [1.54, 1.807) is 13.8 Å². The predicted octanol–water partition coefficient (Wildman–Crippen LogP) is 2.85. The largest absolute Gasteiger partial charge is 0.743 e. The minimum atomic E-state index is -6.52. The molecular weight excluding hydrogens is 464 g/mol. The van der Waals surface area contributed by atoms with Gasteiger partial charge in [-0.1, -0.05) is 33.3 Å². The van der Waals surface area contributed by atoms with Crippen molar-refractivity contribution in [3.05, 3.63) is 12.4 Å². The molecule has 182 valence electrons. The first kappa shape index (κ1) is 29.1. The minimum Gasteiger partial charge on any atom is -0.743 e. The van der Waals surface area contributed by atoms with E-state index in [1.165, 1.54) is 0 Å². The van der Waals surface area contributed by atoms with Crippen LogP contribution in [0.25, 0.3) is 0 Å². The molecule has 0 aliphatic rings. The summed E-state index contributed by atoms with van der Waals surface area (Å²) in [5.41, 5.74) is 0. The first-order chi connectivity index (χ1) is 14.0. The third-order valence-electron chi connectivity index (χ3n) is 3.77. The number of halogens is 6. The fourth-order valence-electron chi connectivity index (χ4n) is 2.06. The Bertz CT molecular complexity index is 748. The molecule has 0 aliphatic carbocycles. The molecule has 0 fully saturated rings. The van der Waals surface area contributed by atoms with Gasteiger partial charge < -0.3 is 18.9 Å². The van der Waals surface area contributed by atoms with Crippen molar-refractivity contribution in [3.8, 4) is 0 Å². The molecule has 0 bridgehead atoms. The normalized spacial score (nSPS) is 14.6. The van der Waals surface area contributed by atoms with Gasteiger partial charge in [-0.05, 0) is 12.8 Å². The van der Waals surface area contributed by atoms with E-state index in [2.05, 4.69) is 16.1 Å². The minimum absolute atomic E-state index is 0.151. The molecule has 0 saturated heterocycles. The van der Waals surface area contributed by atoms with Crippen molar-refractivity contribution in [3.63, 3.8) is 0 Å². The first-order valence-corrected chi connectivity index (χ1v) is 10.3. The molecule has 0 heterocycles. The lowest BCUT2D eigenvalue weighted by molar-refractivity contribution is -0.356. The highest BCUT2D eigenvalue weighted by atomic mass is 32.2. The Kier molecular flexibility index (Phi) is 10.5. The van der Waals surface area contributed by atoms with Crippen molar-refractivity contribution in [2.45, 2.75) is 56.7 Å². The Morgan fingerprint density at radius 3 is 1.81 bits per heavy atom. The molecule has 0 N–H and O–H groups in total. The second-order valence-electron chi connectivity index (χ2n) is 6.29. The highest BCUT2D eigenvalue weighted by Gasteiger charge is 2.68. The number of rotatable bonds is 13. The maximum atomic E-state index is 13.9. The lowest BCUT2D eigenvalue weighted by Gasteiger charge is -2.37. The number of carbonyl (C=O) groups is 2. The van der Waals surface area contributed by atoms with E-state index < -0.39 is 51.6 Å². The highest BCUT2D eigenvalue weighted by Crippen LogP contribution is 2.39. The van der Waals surface area contributed by atoms with Gasteiger partial charge in [0.2, 0.25) is 5.83 Å². The zero-order valence-corrected chi connectivity index (χ0v) is 17.5. The number of hydrogen-bond donors (Lipinski definition) is 0. The van der Waals surface area contributed by atoms with Crippen LogP contribution in [0.4, 0.5) is 26.3 Å². The molecule has 1 unspecified atom stereocenters. The summed E-state index contributed by atoms with van der Waals surface area (Å²) in [7, 11) is -6.52. The number of amides is 1. The standard InChI is InChI=1S/C16H23F6NO7S/c1-4-6-8-23(9-7-5-2)13(25)15(16(20,21)22,30-12(24)11(3)17)29-10-14(18,19)31(26,27)28/h3-10H2,1-2H3,(H,26,27,28)/p-1. The topological polar surface area (TPSA) is 113 Å². The summed E-state index contributed by atoms with van der Waals surface area (Å²) < 4.78 is 121. The molecular formula is C16H22F6NO7S-. The number of nitrogens with zero attached hydrogens (tertiary/aromatic N) is 1. The first-order valence-electron chi connectivity index (χ1n) is 8.87. The van der Waals surface area contributed by atoms with E-state index in [0.29, 0.717) is 17.7 Å². The van der Waals surface area contributed by atoms with Crippen LogP contribution in [0.15, 0.2) is 12.4 Å². The van der Waals surface area contributed by atoms with Crippen LogP contribution in [-0.2, 0) is 29.2 Å². The van der Waals surface area contributed by atoms with Gasteiger partial charge >= 0.3 is 29.1 Å². The lowest BCUT2D eigenvalue weighted by atomic mass is 10.1. The van der Waals surface area contributed by atoms with Gasteiger partial charge in [-0.3, -0.25) is 4.79 Å². The lowest BCUT2D eigenvalue weighted by Crippen LogP contribution is -2.63. The molecule has 15 heteroatoms. The molecule has 0 aliphatic heterocycles. The average Bonchev–Trinajstić information content (AvgIpc) is 2.62. The van der Waals surface area contributed by atoms with E-state index >= 15 is 0 Å². The van der Waals surface area contributed by atoms with Crippen molar-refractivity contribution in [1.82, 2.24) is 4.90 Å². The second kappa shape index (κ2) is 11.1. The van der Waals surface area contributed by atoms with Crippen molar-refractivity contribution < 1.29 is 58.4 Å². The van der Waals surface area contributed by atoms with Gasteiger partial charge in [-0.2, -0.15) is 26.3 Å². The smallest absolute Gasteiger partial charge is 0.466 e. The Morgan fingerprint density at radius 2 is 1.48 bits per heavy atom. The number of unbranched alkanes of at least 4 members (excludes halogenated alkanes) is 2. The number of carbonyl (C=O) groups excluding carboxylic acids is 2. The summed E-state index contributed by atoms with van der Waals surface area (Å²) in [4.78, 5) is 24.7. The number of alkyl halides is 5. The molecule has 0 spiro atoms. The summed E-state index contributed by atoms with van der Waals surface area (Å²) >= 11 is 0. The quantitative estimate of drug-likeness (QED) is 0.129. The van der Waals surface area contributed by atoms with E-state index in [4.69, 9.17) is 0 Å². The van der Waals surface area contributed by atoms with E-state index in [-0.39, 0.29) is 25.9 Å². The van der Waals surface area contributed by atoms with Gasteiger partial charge in [0, 0.05) is 13.1 Å². The summed E-state index contributed by atoms with van der Waals surface area (Å²) in [6.45, 7) is 2.15. The molecule has 31 heavy (non-hydrogen) atoms. The van der Waals surface area contributed by atoms with Gasteiger partial charge in [-0.25, -0.2) is 13.2 Å². The summed E-state index contributed by atoms with van der Waals surface area (Å²) in [6.07, 6.45) is -4.99. The second-order valence-corrected chi connectivity index (χ2v) is 7.79. The zero-order valence-electron chi connectivity index (χ0n) is 16.6. The number of hydrogen-bond acceptors (Lipinski definition) is 7. The van der Waals surface area contributed by atoms with Crippen LogP contribution in [0.3, 0.4) is 0 Å². The van der Waals surface area contributed by atoms with Crippen LogP contribution >= 0.6 is 0 Å². The van der Waals surface area contributed by atoms with Gasteiger partial charge in [0.1, 0.15) is 6.61 Å². The maximum absolute atomic E-state index is 13.9. The molecule has 0 rings (SSSR count). The monoisotopic (exact) mass is 486 g/mol. The summed E-state index contributed by atoms with van der Waals surface area (Å²) in [6, 6.07) is 0. The Balaban J connectivity index is 6.47. The van der Waals surface area contributed by atoms with Crippen LogP contribution in [0.2, 0.25) is 0 Å². The zero-order chi connectivity index (χ0) is 24.7. The van der Waals surface area contributed by atoms with Crippen LogP contribution in [0, 0.1) is 0 Å². The summed E-state index contributed by atoms with van der Waals surface area (Å²) in [5, 5.41) is -5.43. The number of esters is 1. The molecule has 0 radical (unpaired) electrons. The van der Waals surface area contributed by atoms with Crippen LogP contribution in [0.1, 0.15) is 39.5 Å². The predicted molar refractivity (Wildman–Crippen MR) is 92.1 cm³/mol. The van der Waals surface area contributed by atoms with E-state index in [1.807, 2.05) is 0 Å². The number of ether oxygens (including phenoxy) is 2.